The van der Waals surface area contributed by atoms with Crippen LogP contribution >= 0.6 is 11.8 Å². The van der Waals surface area contributed by atoms with Gasteiger partial charge in [-0.3, -0.25) is 0 Å². The van der Waals surface area contributed by atoms with Gasteiger partial charge in [-0.2, -0.15) is 0 Å². The molecule has 1 nitrogen and oxygen atoms in total. The third-order valence-electron chi connectivity index (χ3n) is 4.44. The molecule has 1 heterocycles. The lowest BCUT2D eigenvalue weighted by atomic mass is 9.79. The maximum atomic E-state index is 2.42. The van der Waals surface area contributed by atoms with Gasteiger partial charge in [0.25, 0.3) is 0 Å². The Labute approximate surface area is 133 Å². The van der Waals surface area contributed by atoms with Crippen LogP contribution in [0.25, 0.3) is 0 Å². The third kappa shape index (κ3) is 3.44. The smallest absolute Gasteiger partial charge is 0.0110 e. The standard InChI is InChI=1S/C19H25NS/c1-20(2)13-6-9-15-7-5-8-16-12-14-21-18-11-4-3-10-17(18)19(15)16/h3-5,7-8,11,15H,6,9-10,12-14H2,1-2H3. The molecule has 0 bridgehead atoms. The summed E-state index contributed by atoms with van der Waals surface area (Å²) in [5.74, 6) is 1.84. The highest BCUT2D eigenvalue weighted by molar-refractivity contribution is 8.03. The molecular weight excluding hydrogens is 274 g/mol. The van der Waals surface area contributed by atoms with Crippen LogP contribution in [0.4, 0.5) is 0 Å². The molecule has 2 heteroatoms. The van der Waals surface area contributed by atoms with E-state index in [2.05, 4.69) is 55.5 Å². The molecule has 0 fully saturated rings. The van der Waals surface area contributed by atoms with Crippen LogP contribution in [0.2, 0.25) is 0 Å². The van der Waals surface area contributed by atoms with Crippen molar-refractivity contribution in [3.8, 4) is 0 Å². The minimum Gasteiger partial charge on any atom is -0.309 e. The lowest BCUT2D eigenvalue weighted by molar-refractivity contribution is 0.386. The lowest BCUT2D eigenvalue weighted by Gasteiger charge is -2.26. The Morgan fingerprint density at radius 3 is 3.00 bits per heavy atom. The molecule has 0 amide bonds. The fraction of sp³-hybridized carbons (Fsp3) is 0.474. The Balaban J connectivity index is 1.86. The van der Waals surface area contributed by atoms with Crippen LogP contribution in [0, 0.1) is 5.92 Å². The molecule has 0 spiro atoms. The summed E-state index contributed by atoms with van der Waals surface area (Å²) in [6, 6.07) is 0. The number of allylic oxidation sites excluding steroid dienone is 9. The summed E-state index contributed by atoms with van der Waals surface area (Å²) in [5, 5.41) is 0. The zero-order valence-corrected chi connectivity index (χ0v) is 14.0. The molecule has 1 unspecified atom stereocenters. The van der Waals surface area contributed by atoms with Gasteiger partial charge in [0.2, 0.25) is 0 Å². The van der Waals surface area contributed by atoms with E-state index in [4.69, 9.17) is 0 Å². The fourth-order valence-electron chi connectivity index (χ4n) is 3.42. The molecular formula is C19H25NS. The third-order valence-corrected chi connectivity index (χ3v) is 5.54. The van der Waals surface area contributed by atoms with Crippen LogP contribution in [-0.2, 0) is 0 Å². The number of nitrogens with zero attached hydrogens (tertiary/aromatic N) is 1. The summed E-state index contributed by atoms with van der Waals surface area (Å²) in [6.45, 7) is 1.18. The van der Waals surface area contributed by atoms with Crippen molar-refractivity contribution in [3.05, 3.63) is 58.1 Å². The number of fused-ring (bicyclic) bond motifs is 2. The minimum atomic E-state index is 0.619. The Morgan fingerprint density at radius 2 is 2.14 bits per heavy atom. The normalized spacial score (nSPS) is 24.4. The van der Waals surface area contributed by atoms with Crippen molar-refractivity contribution < 1.29 is 0 Å². The molecule has 3 aliphatic rings. The molecule has 0 aromatic rings. The highest BCUT2D eigenvalue weighted by Crippen LogP contribution is 2.44. The zero-order chi connectivity index (χ0) is 14.7. The molecule has 0 aromatic heterocycles. The second-order valence-corrected chi connectivity index (χ2v) is 7.42. The largest absolute Gasteiger partial charge is 0.309 e. The van der Waals surface area contributed by atoms with E-state index in [0.29, 0.717) is 5.92 Å². The van der Waals surface area contributed by atoms with Gasteiger partial charge in [0.15, 0.2) is 0 Å². The minimum absolute atomic E-state index is 0.619. The van der Waals surface area contributed by atoms with Gasteiger partial charge in [0, 0.05) is 16.6 Å². The van der Waals surface area contributed by atoms with E-state index in [1.165, 1.54) is 36.5 Å². The molecule has 1 aliphatic heterocycles. The quantitative estimate of drug-likeness (QED) is 0.739. The Kier molecular flexibility index (Phi) is 4.87. The highest BCUT2D eigenvalue weighted by Gasteiger charge is 2.26. The molecule has 112 valence electrons. The molecule has 0 saturated carbocycles. The van der Waals surface area contributed by atoms with Gasteiger partial charge in [-0.1, -0.05) is 30.4 Å². The van der Waals surface area contributed by atoms with E-state index >= 15 is 0 Å². The van der Waals surface area contributed by atoms with Crippen molar-refractivity contribution in [1.82, 2.24) is 4.90 Å². The van der Waals surface area contributed by atoms with Crippen LogP contribution in [0.5, 0.6) is 0 Å². The molecule has 21 heavy (non-hydrogen) atoms. The average molecular weight is 299 g/mol. The molecule has 0 aromatic carbocycles. The molecule has 2 aliphatic carbocycles. The Bertz CT molecular complexity index is 546. The van der Waals surface area contributed by atoms with Gasteiger partial charge in [-0.25, -0.2) is 0 Å². The maximum absolute atomic E-state index is 2.42. The first-order chi connectivity index (χ1) is 10.3. The Morgan fingerprint density at radius 1 is 1.24 bits per heavy atom. The van der Waals surface area contributed by atoms with Gasteiger partial charge >= 0.3 is 0 Å². The summed E-state index contributed by atoms with van der Waals surface area (Å²) in [7, 11) is 4.33. The first kappa shape index (κ1) is 14.9. The van der Waals surface area contributed by atoms with Crippen molar-refractivity contribution in [2.24, 2.45) is 5.92 Å². The van der Waals surface area contributed by atoms with Crippen molar-refractivity contribution in [2.45, 2.75) is 25.7 Å². The highest BCUT2D eigenvalue weighted by atomic mass is 32.2. The van der Waals surface area contributed by atoms with E-state index in [1.807, 2.05) is 11.8 Å². The Hall–Kier alpha value is -0.990. The first-order valence-electron chi connectivity index (χ1n) is 8.01. The van der Waals surface area contributed by atoms with E-state index in [1.54, 1.807) is 16.7 Å². The second kappa shape index (κ2) is 6.85. The molecule has 0 radical (unpaired) electrons. The number of rotatable bonds is 4. The topological polar surface area (TPSA) is 3.24 Å². The monoisotopic (exact) mass is 299 g/mol. The van der Waals surface area contributed by atoms with Crippen LogP contribution < -0.4 is 0 Å². The van der Waals surface area contributed by atoms with Gasteiger partial charge < -0.3 is 4.90 Å². The van der Waals surface area contributed by atoms with Gasteiger partial charge in [-0.15, -0.1) is 11.8 Å². The second-order valence-electron chi connectivity index (χ2n) is 6.28. The van der Waals surface area contributed by atoms with Crippen LogP contribution in [0.3, 0.4) is 0 Å². The predicted octanol–water partition coefficient (Wildman–Crippen LogP) is 4.72. The van der Waals surface area contributed by atoms with Crippen LogP contribution in [-0.4, -0.2) is 31.3 Å². The lowest BCUT2D eigenvalue weighted by Crippen LogP contribution is -2.16. The van der Waals surface area contributed by atoms with Crippen LogP contribution in [0.1, 0.15) is 25.7 Å². The maximum Gasteiger partial charge on any atom is 0.0110 e. The molecule has 3 rings (SSSR count). The van der Waals surface area contributed by atoms with Crippen LogP contribution in [0.15, 0.2) is 58.1 Å². The van der Waals surface area contributed by atoms with Gasteiger partial charge in [-0.05, 0) is 69.1 Å². The summed E-state index contributed by atoms with van der Waals surface area (Å²) >= 11 is 2.04. The van der Waals surface area contributed by atoms with E-state index in [9.17, 15) is 0 Å². The summed E-state index contributed by atoms with van der Waals surface area (Å²) in [4.78, 5) is 3.81. The average Bonchev–Trinajstić information content (AvgIpc) is 2.66. The first-order valence-corrected chi connectivity index (χ1v) is 9.00. The van der Waals surface area contributed by atoms with Crippen molar-refractivity contribution >= 4 is 11.8 Å². The van der Waals surface area contributed by atoms with Crippen molar-refractivity contribution in [2.75, 3.05) is 26.4 Å². The fourth-order valence-corrected chi connectivity index (χ4v) is 4.51. The number of hydrogen-bond donors (Lipinski definition) is 0. The van der Waals surface area contributed by atoms with Gasteiger partial charge in [0.05, 0.1) is 0 Å². The summed E-state index contributed by atoms with van der Waals surface area (Å²) in [6.07, 6.45) is 18.8. The molecule has 0 N–H and O–H groups in total. The van der Waals surface area contributed by atoms with Gasteiger partial charge in [0.1, 0.15) is 0 Å². The zero-order valence-electron chi connectivity index (χ0n) is 13.1. The molecule has 1 atom stereocenters. The summed E-state index contributed by atoms with van der Waals surface area (Å²) in [5.41, 5.74) is 4.84. The van der Waals surface area contributed by atoms with Crippen molar-refractivity contribution in [3.63, 3.8) is 0 Å². The van der Waals surface area contributed by atoms with Crippen molar-refractivity contribution in [1.29, 1.82) is 0 Å². The number of hydrogen-bond acceptors (Lipinski definition) is 2. The van der Waals surface area contributed by atoms with E-state index in [-0.39, 0.29) is 0 Å². The van der Waals surface area contributed by atoms with E-state index < -0.39 is 0 Å². The summed E-state index contributed by atoms with van der Waals surface area (Å²) < 4.78 is 0. The SMILES string of the molecule is CN(C)CCCC1C=CC=C2CCSC3=CC=CCC3=C21. The predicted molar refractivity (Wildman–Crippen MR) is 94.4 cm³/mol. The van der Waals surface area contributed by atoms with E-state index in [0.717, 1.165) is 6.42 Å². The number of thioether (sulfide) groups is 1. The molecule has 0 saturated heterocycles.